The van der Waals surface area contributed by atoms with Gasteiger partial charge in [0.15, 0.2) is 0 Å². The number of nitrogen functional groups attached to an aromatic ring is 1. The molecule has 0 aliphatic heterocycles. The van der Waals surface area contributed by atoms with Crippen molar-refractivity contribution in [1.29, 1.82) is 0 Å². The highest BCUT2D eigenvalue weighted by Gasteiger charge is 2.07. The predicted octanol–water partition coefficient (Wildman–Crippen LogP) is 3.39. The molecule has 1 heterocycles. The van der Waals surface area contributed by atoms with Crippen molar-refractivity contribution in [2.75, 3.05) is 5.73 Å². The van der Waals surface area contributed by atoms with E-state index < -0.39 is 0 Å². The molecule has 0 aliphatic rings. The monoisotopic (exact) mass is 245 g/mol. The molecular formula is C8H5BrFNS. The van der Waals surface area contributed by atoms with Crippen LogP contribution in [0.2, 0.25) is 0 Å². The van der Waals surface area contributed by atoms with Gasteiger partial charge in [-0.3, -0.25) is 0 Å². The van der Waals surface area contributed by atoms with E-state index in [1.165, 1.54) is 16.7 Å². The first-order valence-electron chi connectivity index (χ1n) is 3.30. The minimum absolute atomic E-state index is 0.236. The van der Waals surface area contributed by atoms with Gasteiger partial charge in [-0.1, -0.05) is 15.9 Å². The second-order valence-corrected chi connectivity index (χ2v) is 4.28. The third kappa shape index (κ3) is 1.11. The molecule has 0 aliphatic carbocycles. The third-order valence-corrected chi connectivity index (χ3v) is 2.98. The summed E-state index contributed by atoms with van der Waals surface area (Å²) in [7, 11) is 0. The number of hydrogen-bond donors (Lipinski definition) is 1. The molecule has 4 heteroatoms. The van der Waals surface area contributed by atoms with E-state index >= 15 is 0 Å². The van der Waals surface area contributed by atoms with E-state index in [1.807, 2.05) is 6.07 Å². The Morgan fingerprint density at radius 2 is 2.17 bits per heavy atom. The van der Waals surface area contributed by atoms with Crippen molar-refractivity contribution < 1.29 is 4.39 Å². The fraction of sp³-hybridized carbons (Fsp3) is 0. The molecule has 0 amide bonds. The maximum absolute atomic E-state index is 13.1. The van der Waals surface area contributed by atoms with Crippen LogP contribution in [0, 0.1) is 5.82 Å². The van der Waals surface area contributed by atoms with E-state index in [9.17, 15) is 4.39 Å². The molecule has 2 aromatic rings. The van der Waals surface area contributed by atoms with Gasteiger partial charge in [0.05, 0.1) is 5.39 Å². The summed E-state index contributed by atoms with van der Waals surface area (Å²) in [5.41, 5.74) is 6.12. The zero-order valence-corrected chi connectivity index (χ0v) is 8.38. The van der Waals surface area contributed by atoms with Crippen LogP contribution < -0.4 is 5.73 Å². The Hall–Kier alpha value is -0.610. The standard InChI is InChI=1S/C8H5BrFNS/c9-4-1-6(11)8-5(10)3-12-7(8)2-4/h1-3H,11H2. The number of anilines is 1. The number of thiophene rings is 1. The average molecular weight is 246 g/mol. The first kappa shape index (κ1) is 8.01. The van der Waals surface area contributed by atoms with Gasteiger partial charge in [-0.15, -0.1) is 11.3 Å². The Kier molecular flexibility index (Phi) is 1.81. The maximum atomic E-state index is 13.1. The van der Waals surface area contributed by atoms with Crippen LogP contribution in [0.25, 0.3) is 10.1 Å². The number of nitrogens with two attached hydrogens (primary N) is 1. The smallest absolute Gasteiger partial charge is 0.143 e. The number of benzene rings is 1. The van der Waals surface area contributed by atoms with Crippen LogP contribution in [0.15, 0.2) is 22.0 Å². The highest BCUT2D eigenvalue weighted by atomic mass is 79.9. The van der Waals surface area contributed by atoms with Crippen LogP contribution in [0.4, 0.5) is 10.1 Å². The Morgan fingerprint density at radius 1 is 1.42 bits per heavy atom. The van der Waals surface area contributed by atoms with Crippen molar-refractivity contribution in [3.8, 4) is 0 Å². The second kappa shape index (κ2) is 2.71. The topological polar surface area (TPSA) is 26.0 Å². The van der Waals surface area contributed by atoms with Gasteiger partial charge in [0.1, 0.15) is 5.82 Å². The summed E-state index contributed by atoms with van der Waals surface area (Å²) < 4.78 is 14.8. The Labute approximate surface area is 81.1 Å². The van der Waals surface area contributed by atoms with E-state index in [0.29, 0.717) is 11.1 Å². The van der Waals surface area contributed by atoms with Crippen LogP contribution in [0.1, 0.15) is 0 Å². The number of hydrogen-bond acceptors (Lipinski definition) is 2. The van der Waals surface area contributed by atoms with E-state index in [2.05, 4.69) is 15.9 Å². The number of halogens is 2. The zero-order chi connectivity index (χ0) is 8.72. The first-order chi connectivity index (χ1) is 5.68. The molecular weight excluding hydrogens is 241 g/mol. The lowest BCUT2D eigenvalue weighted by atomic mass is 10.2. The Bertz CT molecular complexity index is 438. The van der Waals surface area contributed by atoms with Crippen LogP contribution in [0.5, 0.6) is 0 Å². The van der Waals surface area contributed by atoms with Gasteiger partial charge in [-0.05, 0) is 12.1 Å². The molecule has 1 aromatic heterocycles. The zero-order valence-electron chi connectivity index (χ0n) is 5.97. The summed E-state index contributed by atoms with van der Waals surface area (Å²) >= 11 is 4.65. The van der Waals surface area contributed by atoms with Crippen molar-refractivity contribution in [3.05, 3.63) is 27.8 Å². The van der Waals surface area contributed by atoms with Crippen LogP contribution in [0.3, 0.4) is 0 Å². The van der Waals surface area contributed by atoms with Gasteiger partial charge in [-0.2, -0.15) is 0 Å². The molecule has 0 unspecified atom stereocenters. The van der Waals surface area contributed by atoms with E-state index in [1.54, 1.807) is 6.07 Å². The van der Waals surface area contributed by atoms with E-state index in [-0.39, 0.29) is 5.82 Å². The molecule has 0 spiro atoms. The second-order valence-electron chi connectivity index (χ2n) is 2.45. The lowest BCUT2D eigenvalue weighted by Crippen LogP contribution is -1.86. The van der Waals surface area contributed by atoms with Crippen LogP contribution in [-0.2, 0) is 0 Å². The minimum Gasteiger partial charge on any atom is -0.398 e. The van der Waals surface area contributed by atoms with Crippen molar-refractivity contribution in [3.63, 3.8) is 0 Å². The molecule has 0 saturated heterocycles. The number of rotatable bonds is 0. The van der Waals surface area contributed by atoms with Crippen molar-refractivity contribution in [1.82, 2.24) is 0 Å². The quantitative estimate of drug-likeness (QED) is 0.708. The van der Waals surface area contributed by atoms with Crippen molar-refractivity contribution >= 4 is 43.0 Å². The minimum atomic E-state index is -0.236. The Morgan fingerprint density at radius 3 is 2.92 bits per heavy atom. The third-order valence-electron chi connectivity index (χ3n) is 1.63. The van der Waals surface area contributed by atoms with Gasteiger partial charge in [0.25, 0.3) is 0 Å². The van der Waals surface area contributed by atoms with Gasteiger partial charge in [0, 0.05) is 20.2 Å². The molecule has 62 valence electrons. The van der Waals surface area contributed by atoms with Gasteiger partial charge < -0.3 is 5.73 Å². The highest BCUT2D eigenvalue weighted by Crippen LogP contribution is 2.32. The maximum Gasteiger partial charge on any atom is 0.143 e. The van der Waals surface area contributed by atoms with Crippen LogP contribution in [-0.4, -0.2) is 0 Å². The lowest BCUT2D eigenvalue weighted by Gasteiger charge is -1.97. The van der Waals surface area contributed by atoms with Crippen molar-refractivity contribution in [2.24, 2.45) is 0 Å². The largest absolute Gasteiger partial charge is 0.398 e. The van der Waals surface area contributed by atoms with Gasteiger partial charge in [0.2, 0.25) is 0 Å². The van der Waals surface area contributed by atoms with Gasteiger partial charge >= 0.3 is 0 Å². The summed E-state index contributed by atoms with van der Waals surface area (Å²) in [6, 6.07) is 3.57. The lowest BCUT2D eigenvalue weighted by molar-refractivity contribution is 0.644. The summed E-state index contributed by atoms with van der Waals surface area (Å²) in [5.74, 6) is -0.236. The number of fused-ring (bicyclic) bond motifs is 1. The molecule has 0 bridgehead atoms. The highest BCUT2D eigenvalue weighted by molar-refractivity contribution is 9.10. The fourth-order valence-corrected chi connectivity index (χ4v) is 2.63. The summed E-state index contributed by atoms with van der Waals surface area (Å²) in [6.07, 6.45) is 0. The molecule has 2 N–H and O–H groups in total. The fourth-order valence-electron chi connectivity index (χ4n) is 1.12. The normalized spacial score (nSPS) is 10.8. The van der Waals surface area contributed by atoms with Crippen LogP contribution >= 0.6 is 27.3 Å². The predicted molar refractivity (Wildman–Crippen MR) is 53.9 cm³/mol. The molecule has 2 rings (SSSR count). The molecule has 0 atom stereocenters. The molecule has 12 heavy (non-hydrogen) atoms. The Balaban J connectivity index is 2.93. The molecule has 1 aromatic carbocycles. The molecule has 1 nitrogen and oxygen atoms in total. The summed E-state index contributed by atoms with van der Waals surface area (Å²) in [6.45, 7) is 0. The molecule has 0 radical (unpaired) electrons. The summed E-state index contributed by atoms with van der Waals surface area (Å²) in [4.78, 5) is 0. The van der Waals surface area contributed by atoms with Crippen molar-refractivity contribution in [2.45, 2.75) is 0 Å². The van der Waals surface area contributed by atoms with E-state index in [4.69, 9.17) is 5.73 Å². The summed E-state index contributed by atoms with van der Waals surface area (Å²) in [5, 5.41) is 2.00. The SMILES string of the molecule is Nc1cc(Br)cc2scc(F)c12. The van der Waals surface area contributed by atoms with Gasteiger partial charge in [-0.25, -0.2) is 4.39 Å². The van der Waals surface area contributed by atoms with E-state index in [0.717, 1.165) is 9.17 Å². The molecule has 0 fully saturated rings. The average Bonchev–Trinajstić information content (AvgIpc) is 2.31. The molecule has 0 saturated carbocycles. The first-order valence-corrected chi connectivity index (χ1v) is 4.97.